The van der Waals surface area contributed by atoms with E-state index >= 15 is 0 Å². The molecule has 0 aromatic heterocycles. The van der Waals surface area contributed by atoms with E-state index in [0.717, 1.165) is 25.1 Å². The van der Waals surface area contributed by atoms with Crippen molar-refractivity contribution in [2.24, 2.45) is 0 Å². The van der Waals surface area contributed by atoms with Crippen molar-refractivity contribution in [2.75, 3.05) is 32.9 Å². The fourth-order valence-electron chi connectivity index (χ4n) is 1.43. The zero-order valence-corrected chi connectivity index (χ0v) is 10.5. The lowest BCUT2D eigenvalue weighted by Crippen LogP contribution is -2.28. The van der Waals surface area contributed by atoms with Gasteiger partial charge in [-0.3, -0.25) is 4.79 Å². The topological polar surface area (TPSA) is 58.4 Å². The smallest absolute Gasteiger partial charge is 0.254 e. The summed E-state index contributed by atoms with van der Waals surface area (Å²) in [5, 5.41) is 2.53. The van der Waals surface area contributed by atoms with Gasteiger partial charge in [-0.2, -0.15) is 0 Å². The van der Waals surface area contributed by atoms with Crippen LogP contribution < -0.4 is 11.1 Å². The molecular weight excluding hydrogens is 240 g/mol. The summed E-state index contributed by atoms with van der Waals surface area (Å²) in [6.07, 6.45) is 0.734. The molecule has 0 bridgehead atoms. The van der Waals surface area contributed by atoms with Crippen LogP contribution in [0.3, 0.4) is 0 Å². The summed E-state index contributed by atoms with van der Waals surface area (Å²) in [7, 11) is 3.83. The lowest BCUT2D eigenvalue weighted by atomic mass is 10.1. The molecule has 3 N–H and O–H groups in total. The van der Waals surface area contributed by atoms with Crippen LogP contribution in [0.5, 0.6) is 0 Å². The van der Waals surface area contributed by atoms with Crippen LogP contribution in [0.2, 0.25) is 0 Å². The van der Waals surface area contributed by atoms with Gasteiger partial charge in [0.05, 0.1) is 11.3 Å². The summed E-state index contributed by atoms with van der Waals surface area (Å²) < 4.78 is 26.5. The Bertz CT molecular complexity index is 436. The Kier molecular flexibility index (Phi) is 5.03. The van der Waals surface area contributed by atoms with Gasteiger partial charge in [0.15, 0.2) is 0 Å². The molecule has 100 valence electrons. The second-order valence-electron chi connectivity index (χ2n) is 4.27. The van der Waals surface area contributed by atoms with Crippen molar-refractivity contribution in [3.63, 3.8) is 0 Å². The molecule has 0 saturated heterocycles. The summed E-state index contributed by atoms with van der Waals surface area (Å²) in [5.74, 6) is -2.25. The standard InChI is InChI=1S/C12H17F2N3O/c1-17(2)5-3-4-16-12(18)8-6-10(14)11(15)7-9(8)13/h6-7H,3-5,15H2,1-2H3,(H,16,18). The highest BCUT2D eigenvalue weighted by atomic mass is 19.1. The number of nitrogens with zero attached hydrogens (tertiary/aromatic N) is 1. The van der Waals surface area contributed by atoms with E-state index in [9.17, 15) is 13.6 Å². The average Bonchev–Trinajstić information content (AvgIpc) is 2.28. The first-order valence-corrected chi connectivity index (χ1v) is 5.59. The number of hydrogen-bond acceptors (Lipinski definition) is 3. The third kappa shape index (κ3) is 3.96. The van der Waals surface area contributed by atoms with Crippen LogP contribution in [0.4, 0.5) is 14.5 Å². The van der Waals surface area contributed by atoms with Gasteiger partial charge in [0.25, 0.3) is 5.91 Å². The normalized spacial score (nSPS) is 10.7. The first-order valence-electron chi connectivity index (χ1n) is 5.59. The van der Waals surface area contributed by atoms with Gasteiger partial charge < -0.3 is 16.0 Å². The second-order valence-corrected chi connectivity index (χ2v) is 4.27. The monoisotopic (exact) mass is 257 g/mol. The lowest BCUT2D eigenvalue weighted by molar-refractivity contribution is 0.0948. The lowest BCUT2D eigenvalue weighted by Gasteiger charge is -2.10. The summed E-state index contributed by atoms with van der Waals surface area (Å²) >= 11 is 0. The van der Waals surface area contributed by atoms with E-state index in [4.69, 9.17) is 5.73 Å². The Hall–Kier alpha value is -1.69. The van der Waals surface area contributed by atoms with Gasteiger partial charge in [0.1, 0.15) is 11.6 Å². The molecule has 18 heavy (non-hydrogen) atoms. The molecule has 1 aromatic rings. The number of nitrogen functional groups attached to an aromatic ring is 1. The molecule has 0 aliphatic carbocycles. The Labute approximate surface area is 105 Å². The Morgan fingerprint density at radius 3 is 2.61 bits per heavy atom. The number of carbonyl (C=O) groups excluding carboxylic acids is 1. The van der Waals surface area contributed by atoms with Crippen molar-refractivity contribution < 1.29 is 13.6 Å². The van der Waals surface area contributed by atoms with Crippen LogP contribution in [-0.4, -0.2) is 38.0 Å². The fourth-order valence-corrected chi connectivity index (χ4v) is 1.43. The van der Waals surface area contributed by atoms with E-state index in [1.165, 1.54) is 0 Å². The molecule has 0 heterocycles. The molecule has 1 amide bonds. The third-order valence-electron chi connectivity index (χ3n) is 2.40. The summed E-state index contributed by atoms with van der Waals surface area (Å²) in [5.41, 5.74) is 4.56. The molecule has 1 rings (SSSR count). The molecule has 0 radical (unpaired) electrons. The maximum absolute atomic E-state index is 13.4. The van der Waals surface area contributed by atoms with Gasteiger partial charge in [-0.25, -0.2) is 8.78 Å². The number of anilines is 1. The molecule has 0 aliphatic heterocycles. The summed E-state index contributed by atoms with van der Waals surface area (Å²) in [4.78, 5) is 13.6. The maximum atomic E-state index is 13.4. The predicted octanol–water partition coefficient (Wildman–Crippen LogP) is 1.23. The quantitative estimate of drug-likeness (QED) is 0.616. The first kappa shape index (κ1) is 14.4. The number of benzene rings is 1. The van der Waals surface area contributed by atoms with E-state index in [1.54, 1.807) is 0 Å². The van der Waals surface area contributed by atoms with E-state index in [1.807, 2.05) is 19.0 Å². The maximum Gasteiger partial charge on any atom is 0.254 e. The molecule has 1 aromatic carbocycles. The van der Waals surface area contributed by atoms with E-state index in [-0.39, 0.29) is 11.3 Å². The van der Waals surface area contributed by atoms with Crippen LogP contribution >= 0.6 is 0 Å². The van der Waals surface area contributed by atoms with Gasteiger partial charge in [-0.15, -0.1) is 0 Å². The molecule has 4 nitrogen and oxygen atoms in total. The number of halogens is 2. The van der Waals surface area contributed by atoms with Crippen molar-refractivity contribution in [2.45, 2.75) is 6.42 Å². The zero-order valence-electron chi connectivity index (χ0n) is 10.5. The zero-order chi connectivity index (χ0) is 13.7. The minimum atomic E-state index is -0.820. The third-order valence-corrected chi connectivity index (χ3v) is 2.40. The molecule has 6 heteroatoms. The minimum Gasteiger partial charge on any atom is -0.396 e. The van der Waals surface area contributed by atoms with Crippen LogP contribution in [0.1, 0.15) is 16.8 Å². The first-order chi connectivity index (χ1) is 8.41. The highest BCUT2D eigenvalue weighted by molar-refractivity contribution is 5.94. The molecule has 0 aliphatic rings. The SMILES string of the molecule is CN(C)CCCNC(=O)c1cc(F)c(N)cc1F. The van der Waals surface area contributed by atoms with Crippen molar-refractivity contribution in [1.29, 1.82) is 0 Å². The second kappa shape index (κ2) is 6.30. The van der Waals surface area contributed by atoms with Gasteiger partial charge in [-0.1, -0.05) is 0 Å². The number of amides is 1. The molecule has 0 fully saturated rings. The number of rotatable bonds is 5. The molecular formula is C12H17F2N3O. The van der Waals surface area contributed by atoms with Gasteiger partial charge in [-0.05, 0) is 33.1 Å². The van der Waals surface area contributed by atoms with Crippen LogP contribution in [-0.2, 0) is 0 Å². The van der Waals surface area contributed by atoms with Gasteiger partial charge in [0.2, 0.25) is 0 Å². The minimum absolute atomic E-state index is 0.309. The molecule has 0 saturated carbocycles. The number of hydrogen-bond donors (Lipinski definition) is 2. The molecule has 0 spiro atoms. The van der Waals surface area contributed by atoms with E-state index in [0.29, 0.717) is 6.54 Å². The highest BCUT2D eigenvalue weighted by Crippen LogP contribution is 2.16. The Morgan fingerprint density at radius 2 is 2.00 bits per heavy atom. The Morgan fingerprint density at radius 1 is 1.33 bits per heavy atom. The number of carbonyl (C=O) groups is 1. The van der Waals surface area contributed by atoms with Crippen molar-refractivity contribution in [3.05, 3.63) is 29.3 Å². The van der Waals surface area contributed by atoms with Crippen molar-refractivity contribution in [3.8, 4) is 0 Å². The molecule has 0 unspecified atom stereocenters. The fraction of sp³-hybridized carbons (Fsp3) is 0.417. The summed E-state index contributed by atoms with van der Waals surface area (Å²) in [6, 6.07) is 1.62. The van der Waals surface area contributed by atoms with E-state index < -0.39 is 17.5 Å². The van der Waals surface area contributed by atoms with Crippen LogP contribution in [0.25, 0.3) is 0 Å². The summed E-state index contributed by atoms with van der Waals surface area (Å²) in [6.45, 7) is 1.21. The van der Waals surface area contributed by atoms with Crippen LogP contribution in [0.15, 0.2) is 12.1 Å². The predicted molar refractivity (Wildman–Crippen MR) is 66.3 cm³/mol. The number of nitrogens with two attached hydrogens (primary N) is 1. The largest absolute Gasteiger partial charge is 0.396 e. The Balaban J connectivity index is 2.59. The van der Waals surface area contributed by atoms with Crippen molar-refractivity contribution in [1.82, 2.24) is 10.2 Å². The number of nitrogens with one attached hydrogen (secondary N) is 1. The van der Waals surface area contributed by atoms with E-state index in [2.05, 4.69) is 5.32 Å². The van der Waals surface area contributed by atoms with Crippen LogP contribution in [0, 0.1) is 11.6 Å². The average molecular weight is 257 g/mol. The molecule has 0 atom stereocenters. The van der Waals surface area contributed by atoms with Crippen molar-refractivity contribution >= 4 is 11.6 Å². The van der Waals surface area contributed by atoms with Gasteiger partial charge in [0, 0.05) is 12.6 Å². The van der Waals surface area contributed by atoms with Gasteiger partial charge >= 0.3 is 0 Å². The highest BCUT2D eigenvalue weighted by Gasteiger charge is 2.14.